The summed E-state index contributed by atoms with van der Waals surface area (Å²) in [5, 5.41) is 16.0. The number of hydrogen-bond donors (Lipinski definition) is 3. The Labute approximate surface area is 212 Å². The lowest BCUT2D eigenvalue weighted by Crippen LogP contribution is -2.54. The number of halogens is 3. The SMILES string of the molecule is O=C(NC(=S)NC1(c2ccccc2F)CC(OCc2ccc(F)c(F)c2)CC1CO)c1ccccc1. The van der Waals surface area contributed by atoms with E-state index in [2.05, 4.69) is 10.6 Å². The third kappa shape index (κ3) is 5.59. The first kappa shape index (κ1) is 25.8. The van der Waals surface area contributed by atoms with Gasteiger partial charge in [-0.1, -0.05) is 42.5 Å². The Hall–Kier alpha value is -3.27. The van der Waals surface area contributed by atoms with Gasteiger partial charge in [0.15, 0.2) is 16.7 Å². The fourth-order valence-electron chi connectivity index (χ4n) is 4.70. The maximum atomic E-state index is 15.1. The number of thiocarbonyl (C=S) groups is 1. The van der Waals surface area contributed by atoms with Crippen molar-refractivity contribution < 1.29 is 27.8 Å². The first-order valence-corrected chi connectivity index (χ1v) is 11.8. The van der Waals surface area contributed by atoms with E-state index >= 15 is 4.39 Å². The number of aliphatic hydroxyl groups is 1. The van der Waals surface area contributed by atoms with E-state index in [1.807, 2.05) is 0 Å². The van der Waals surface area contributed by atoms with Crippen LogP contribution in [0.15, 0.2) is 72.8 Å². The molecule has 3 unspecified atom stereocenters. The van der Waals surface area contributed by atoms with Crippen LogP contribution < -0.4 is 10.6 Å². The summed E-state index contributed by atoms with van der Waals surface area (Å²) < 4.78 is 47.9. The molecule has 0 heterocycles. The van der Waals surface area contributed by atoms with Gasteiger partial charge in [0.1, 0.15) is 5.82 Å². The molecule has 3 aromatic rings. The zero-order chi connectivity index (χ0) is 25.7. The minimum atomic E-state index is -1.18. The van der Waals surface area contributed by atoms with Crippen molar-refractivity contribution in [3.8, 4) is 0 Å². The summed E-state index contributed by atoms with van der Waals surface area (Å²) in [5.41, 5.74) is -0.0601. The molecule has 0 aromatic heterocycles. The summed E-state index contributed by atoms with van der Waals surface area (Å²) in [4.78, 5) is 12.6. The van der Waals surface area contributed by atoms with Gasteiger partial charge in [0.25, 0.3) is 5.91 Å². The van der Waals surface area contributed by atoms with Gasteiger partial charge in [0, 0.05) is 30.1 Å². The molecule has 1 amide bonds. The minimum absolute atomic E-state index is 0.00254. The summed E-state index contributed by atoms with van der Waals surface area (Å²) >= 11 is 5.42. The third-order valence-corrected chi connectivity index (χ3v) is 6.64. The molecule has 3 aromatic carbocycles. The molecular weight excluding hydrogens is 489 g/mol. The predicted octanol–water partition coefficient (Wildman–Crippen LogP) is 4.59. The predicted molar refractivity (Wildman–Crippen MR) is 132 cm³/mol. The normalized spacial score (nSPS) is 21.2. The zero-order valence-electron chi connectivity index (χ0n) is 19.2. The number of amides is 1. The second-order valence-corrected chi connectivity index (χ2v) is 9.13. The second kappa shape index (κ2) is 11.2. The lowest BCUT2D eigenvalue weighted by Gasteiger charge is -2.37. The fourth-order valence-corrected chi connectivity index (χ4v) is 4.98. The number of ether oxygens (including phenoxy) is 1. The van der Waals surface area contributed by atoms with Gasteiger partial charge < -0.3 is 15.2 Å². The molecule has 9 heteroatoms. The molecule has 188 valence electrons. The molecule has 4 rings (SSSR count). The topological polar surface area (TPSA) is 70.6 Å². The summed E-state index contributed by atoms with van der Waals surface area (Å²) in [6.07, 6.45) is 0.0935. The molecular formula is C27H25F3N2O3S. The Morgan fingerprint density at radius 1 is 1.00 bits per heavy atom. The zero-order valence-corrected chi connectivity index (χ0v) is 20.0. The number of aliphatic hydroxyl groups excluding tert-OH is 1. The van der Waals surface area contributed by atoms with Gasteiger partial charge >= 0.3 is 0 Å². The standard InChI is InChI=1S/C27H25F3N2O3S/c28-22-9-5-4-8-21(22)27(32-26(36)31-25(34)18-6-2-1-3-7-18)14-20(13-19(27)15-33)35-16-17-10-11-23(29)24(30)12-17/h1-12,19-20,33H,13-16H2,(H2,31,32,34,36). The average Bonchev–Trinajstić information content (AvgIpc) is 3.23. The van der Waals surface area contributed by atoms with Crippen molar-refractivity contribution >= 4 is 23.2 Å². The Morgan fingerprint density at radius 3 is 2.42 bits per heavy atom. The monoisotopic (exact) mass is 514 g/mol. The van der Waals surface area contributed by atoms with E-state index in [0.717, 1.165) is 12.1 Å². The van der Waals surface area contributed by atoms with E-state index in [1.165, 1.54) is 12.1 Å². The summed E-state index contributed by atoms with van der Waals surface area (Å²) in [7, 11) is 0. The number of hydrogen-bond acceptors (Lipinski definition) is 4. The van der Waals surface area contributed by atoms with Gasteiger partial charge in [0.05, 0.1) is 18.2 Å². The van der Waals surface area contributed by atoms with Crippen LogP contribution in [0.4, 0.5) is 13.2 Å². The van der Waals surface area contributed by atoms with Crippen LogP contribution >= 0.6 is 12.2 Å². The van der Waals surface area contributed by atoms with Crippen molar-refractivity contribution in [1.82, 2.24) is 10.6 Å². The third-order valence-electron chi connectivity index (χ3n) is 6.44. The van der Waals surface area contributed by atoms with E-state index in [4.69, 9.17) is 17.0 Å². The van der Waals surface area contributed by atoms with E-state index in [-0.39, 0.29) is 30.3 Å². The van der Waals surface area contributed by atoms with Crippen molar-refractivity contribution in [3.63, 3.8) is 0 Å². The lowest BCUT2D eigenvalue weighted by atomic mass is 9.80. The van der Waals surface area contributed by atoms with E-state index in [9.17, 15) is 18.7 Å². The Bertz CT molecular complexity index is 1240. The van der Waals surface area contributed by atoms with E-state index in [0.29, 0.717) is 17.5 Å². The highest BCUT2D eigenvalue weighted by molar-refractivity contribution is 7.80. The molecule has 1 saturated carbocycles. The molecule has 0 bridgehead atoms. The summed E-state index contributed by atoms with van der Waals surface area (Å²) in [6.45, 7) is -0.301. The van der Waals surface area contributed by atoms with Crippen LogP contribution in [0.2, 0.25) is 0 Å². The highest BCUT2D eigenvalue weighted by atomic mass is 32.1. The maximum Gasteiger partial charge on any atom is 0.257 e. The van der Waals surface area contributed by atoms with Crippen LogP contribution in [-0.4, -0.2) is 28.8 Å². The molecule has 0 aliphatic heterocycles. The first-order valence-electron chi connectivity index (χ1n) is 11.4. The minimum Gasteiger partial charge on any atom is -0.396 e. The fraction of sp³-hybridized carbons (Fsp3) is 0.259. The van der Waals surface area contributed by atoms with Crippen LogP contribution in [-0.2, 0) is 16.9 Å². The Kier molecular flexibility index (Phi) is 8.03. The van der Waals surface area contributed by atoms with Gasteiger partial charge in [-0.15, -0.1) is 0 Å². The van der Waals surface area contributed by atoms with Crippen LogP contribution in [0.5, 0.6) is 0 Å². The Balaban J connectivity index is 1.56. The van der Waals surface area contributed by atoms with E-state index in [1.54, 1.807) is 48.5 Å². The molecule has 1 aliphatic carbocycles. The average molecular weight is 515 g/mol. The quantitative estimate of drug-likeness (QED) is 0.403. The maximum absolute atomic E-state index is 15.1. The van der Waals surface area contributed by atoms with Crippen molar-refractivity contribution in [2.24, 2.45) is 5.92 Å². The molecule has 0 spiro atoms. The molecule has 3 atom stereocenters. The van der Waals surface area contributed by atoms with Crippen molar-refractivity contribution in [2.75, 3.05) is 6.61 Å². The van der Waals surface area contributed by atoms with Crippen LogP contribution in [0, 0.1) is 23.4 Å². The van der Waals surface area contributed by atoms with Crippen LogP contribution in [0.25, 0.3) is 0 Å². The molecule has 36 heavy (non-hydrogen) atoms. The van der Waals surface area contributed by atoms with Crippen molar-refractivity contribution in [2.45, 2.75) is 31.1 Å². The van der Waals surface area contributed by atoms with E-state index < -0.39 is 40.9 Å². The highest BCUT2D eigenvalue weighted by Gasteiger charge is 2.50. The molecule has 0 radical (unpaired) electrons. The van der Waals surface area contributed by atoms with Gasteiger partial charge in [-0.05, 0) is 54.5 Å². The molecule has 0 saturated heterocycles. The van der Waals surface area contributed by atoms with Crippen molar-refractivity contribution in [1.29, 1.82) is 0 Å². The number of carbonyl (C=O) groups excluding carboxylic acids is 1. The largest absolute Gasteiger partial charge is 0.396 e. The number of benzene rings is 3. The summed E-state index contributed by atoms with van der Waals surface area (Å²) in [6, 6.07) is 18.2. The molecule has 5 nitrogen and oxygen atoms in total. The highest BCUT2D eigenvalue weighted by Crippen LogP contribution is 2.46. The van der Waals surface area contributed by atoms with Gasteiger partial charge in [0.2, 0.25) is 0 Å². The van der Waals surface area contributed by atoms with Gasteiger partial charge in [-0.2, -0.15) is 0 Å². The second-order valence-electron chi connectivity index (χ2n) is 8.73. The number of nitrogens with one attached hydrogen (secondary N) is 2. The Morgan fingerprint density at radius 2 is 1.72 bits per heavy atom. The number of carbonyl (C=O) groups is 1. The van der Waals surface area contributed by atoms with Crippen LogP contribution in [0.3, 0.4) is 0 Å². The van der Waals surface area contributed by atoms with Crippen molar-refractivity contribution in [3.05, 3.63) is 107 Å². The van der Waals surface area contributed by atoms with Crippen LogP contribution in [0.1, 0.15) is 34.3 Å². The van der Waals surface area contributed by atoms with Gasteiger partial charge in [-0.3, -0.25) is 10.1 Å². The van der Waals surface area contributed by atoms with Gasteiger partial charge in [-0.25, -0.2) is 13.2 Å². The molecule has 1 aliphatic rings. The summed E-state index contributed by atoms with van der Waals surface area (Å²) in [5.74, 6) is -3.37. The lowest BCUT2D eigenvalue weighted by molar-refractivity contribution is 0.0386. The molecule has 3 N–H and O–H groups in total. The molecule has 1 fully saturated rings. The smallest absolute Gasteiger partial charge is 0.257 e. The first-order chi connectivity index (χ1) is 17.3. The number of rotatable bonds is 7.